The molecule has 0 amide bonds. The maximum Gasteiger partial charge on any atom is 0.153 e. The predicted molar refractivity (Wildman–Crippen MR) is 81.6 cm³/mol. The molecule has 0 aromatic carbocycles. The van der Waals surface area contributed by atoms with E-state index in [0.717, 1.165) is 38.5 Å². The highest BCUT2D eigenvalue weighted by Crippen LogP contribution is 2.62. The molecule has 5 aliphatic carbocycles. The fourth-order valence-electron chi connectivity index (χ4n) is 6.75. The quantitative estimate of drug-likeness (QED) is 0.840. The summed E-state index contributed by atoms with van der Waals surface area (Å²) in [4.78, 5) is 13.0. The lowest BCUT2D eigenvalue weighted by atomic mass is 9.45. The van der Waals surface area contributed by atoms with Gasteiger partial charge < -0.3 is 10.8 Å². The molecule has 118 valence electrons. The Morgan fingerprint density at radius 1 is 1.19 bits per heavy atom. The zero-order valence-corrected chi connectivity index (χ0v) is 13.2. The molecule has 5 aliphatic rings. The van der Waals surface area contributed by atoms with Gasteiger partial charge in [0.25, 0.3) is 0 Å². The fourth-order valence-corrected chi connectivity index (χ4v) is 6.75. The van der Waals surface area contributed by atoms with Crippen LogP contribution in [0.15, 0.2) is 0 Å². The average molecular weight is 291 g/mol. The first kappa shape index (κ1) is 14.2. The Morgan fingerprint density at radius 3 is 2.38 bits per heavy atom. The summed E-state index contributed by atoms with van der Waals surface area (Å²) in [5.74, 6) is 2.21. The minimum absolute atomic E-state index is 0.0851. The van der Waals surface area contributed by atoms with Crippen molar-refractivity contribution < 1.29 is 9.90 Å². The first-order valence-corrected chi connectivity index (χ1v) is 8.93. The Hall–Kier alpha value is -0.410. The average Bonchev–Trinajstić information content (AvgIpc) is 2.80. The standard InChI is InChI=1S/C18H29NO2/c1-11-3-2-4-14(11)15(20)16(19)17-6-12-5-13(7-17)9-18(21,8-12)10-17/h11-14,16,21H,2-10,19H2,1H3/t11-,12?,13?,14?,16?,17?,18?/m1/s1. The molecule has 0 spiro atoms. The van der Waals surface area contributed by atoms with E-state index in [1.54, 1.807) is 0 Å². The second-order valence-corrected chi connectivity index (χ2v) is 8.94. The minimum Gasteiger partial charge on any atom is -0.390 e. The Bertz CT molecular complexity index is 446. The van der Waals surface area contributed by atoms with Gasteiger partial charge in [0.2, 0.25) is 0 Å². The van der Waals surface area contributed by atoms with Gasteiger partial charge >= 0.3 is 0 Å². The van der Waals surface area contributed by atoms with E-state index in [1.807, 2.05) is 0 Å². The summed E-state index contributed by atoms with van der Waals surface area (Å²) in [5.41, 5.74) is 5.96. The molecule has 4 bridgehead atoms. The van der Waals surface area contributed by atoms with Gasteiger partial charge in [-0.25, -0.2) is 0 Å². The third-order valence-electron chi connectivity index (χ3n) is 7.27. The lowest BCUT2D eigenvalue weighted by Gasteiger charge is -2.61. The summed E-state index contributed by atoms with van der Waals surface area (Å²) in [6.45, 7) is 2.20. The van der Waals surface area contributed by atoms with E-state index in [9.17, 15) is 9.90 Å². The SMILES string of the molecule is C[C@@H]1CCCC1C(=O)C(N)C12CC3CC(CC(O)(C3)C1)C2. The molecule has 0 radical (unpaired) electrons. The Labute approximate surface area is 127 Å². The van der Waals surface area contributed by atoms with E-state index in [1.165, 1.54) is 19.3 Å². The van der Waals surface area contributed by atoms with E-state index in [-0.39, 0.29) is 17.4 Å². The molecule has 4 unspecified atom stereocenters. The summed E-state index contributed by atoms with van der Waals surface area (Å²) in [5, 5.41) is 10.8. The van der Waals surface area contributed by atoms with Crippen molar-refractivity contribution in [1.29, 1.82) is 0 Å². The number of nitrogens with two attached hydrogens (primary N) is 1. The van der Waals surface area contributed by atoms with Crippen molar-refractivity contribution in [2.24, 2.45) is 34.8 Å². The highest BCUT2D eigenvalue weighted by atomic mass is 16.3. The van der Waals surface area contributed by atoms with Crippen molar-refractivity contribution in [2.45, 2.75) is 76.4 Å². The molecule has 0 aromatic rings. The number of hydrogen-bond donors (Lipinski definition) is 2. The summed E-state index contributed by atoms with van der Waals surface area (Å²) in [7, 11) is 0. The first-order valence-electron chi connectivity index (χ1n) is 8.93. The number of aliphatic hydroxyl groups is 1. The Morgan fingerprint density at radius 2 is 1.86 bits per heavy atom. The maximum absolute atomic E-state index is 13.0. The zero-order chi connectivity index (χ0) is 14.8. The monoisotopic (exact) mass is 291 g/mol. The molecule has 0 heterocycles. The molecular formula is C18H29NO2. The second-order valence-electron chi connectivity index (χ2n) is 8.94. The van der Waals surface area contributed by atoms with Crippen LogP contribution in [0.4, 0.5) is 0 Å². The molecule has 3 N–H and O–H groups in total. The number of hydrogen-bond acceptors (Lipinski definition) is 3. The van der Waals surface area contributed by atoms with Gasteiger partial charge in [0.1, 0.15) is 0 Å². The number of Topliss-reactive ketones (excluding diaryl/α,β-unsaturated/α-hetero) is 1. The third kappa shape index (κ3) is 2.11. The van der Waals surface area contributed by atoms with Crippen LogP contribution in [0.2, 0.25) is 0 Å². The van der Waals surface area contributed by atoms with Gasteiger partial charge in [0.05, 0.1) is 11.6 Å². The minimum atomic E-state index is -0.511. The van der Waals surface area contributed by atoms with Crippen molar-refractivity contribution in [1.82, 2.24) is 0 Å². The van der Waals surface area contributed by atoms with Gasteiger partial charge in [-0.3, -0.25) is 4.79 Å². The van der Waals surface area contributed by atoms with Crippen LogP contribution < -0.4 is 5.73 Å². The molecule has 21 heavy (non-hydrogen) atoms. The predicted octanol–water partition coefficient (Wildman–Crippen LogP) is 2.65. The third-order valence-corrected chi connectivity index (χ3v) is 7.27. The molecule has 3 nitrogen and oxygen atoms in total. The van der Waals surface area contributed by atoms with Gasteiger partial charge in [-0.2, -0.15) is 0 Å². The van der Waals surface area contributed by atoms with E-state index in [2.05, 4.69) is 6.92 Å². The molecule has 0 aromatic heterocycles. The number of carbonyl (C=O) groups is 1. The van der Waals surface area contributed by atoms with Gasteiger partial charge in [0.15, 0.2) is 5.78 Å². The Balaban J connectivity index is 1.59. The van der Waals surface area contributed by atoms with Crippen LogP contribution in [0.3, 0.4) is 0 Å². The van der Waals surface area contributed by atoms with E-state index in [4.69, 9.17) is 5.73 Å². The van der Waals surface area contributed by atoms with Crippen molar-refractivity contribution >= 4 is 5.78 Å². The molecule has 5 saturated carbocycles. The summed E-state index contributed by atoms with van der Waals surface area (Å²) in [6.07, 6.45) is 9.47. The fraction of sp³-hybridized carbons (Fsp3) is 0.944. The van der Waals surface area contributed by atoms with Crippen molar-refractivity contribution in [3.63, 3.8) is 0 Å². The van der Waals surface area contributed by atoms with Crippen LogP contribution in [0.25, 0.3) is 0 Å². The highest BCUT2D eigenvalue weighted by molar-refractivity contribution is 5.87. The van der Waals surface area contributed by atoms with Gasteiger partial charge in [-0.05, 0) is 74.5 Å². The lowest BCUT2D eigenvalue weighted by molar-refractivity contribution is -0.174. The second kappa shape index (κ2) is 4.55. The maximum atomic E-state index is 13.0. The van der Waals surface area contributed by atoms with Gasteiger partial charge in [-0.1, -0.05) is 13.3 Å². The normalized spacial score (nSPS) is 53.1. The molecule has 0 saturated heterocycles. The van der Waals surface area contributed by atoms with Crippen LogP contribution in [0, 0.1) is 29.1 Å². The van der Waals surface area contributed by atoms with Crippen LogP contribution in [0.1, 0.15) is 64.7 Å². The van der Waals surface area contributed by atoms with Crippen molar-refractivity contribution in [3.05, 3.63) is 0 Å². The summed E-state index contributed by atoms with van der Waals surface area (Å²) in [6, 6.07) is -0.333. The lowest BCUT2D eigenvalue weighted by Crippen LogP contribution is -2.63. The number of carbonyl (C=O) groups excluding carboxylic acids is 1. The number of rotatable bonds is 3. The van der Waals surface area contributed by atoms with Crippen molar-refractivity contribution in [3.8, 4) is 0 Å². The topological polar surface area (TPSA) is 63.3 Å². The molecule has 5 atom stereocenters. The van der Waals surface area contributed by atoms with Crippen LogP contribution in [-0.4, -0.2) is 22.5 Å². The molecule has 3 heteroatoms. The van der Waals surface area contributed by atoms with Gasteiger partial charge in [0, 0.05) is 5.92 Å². The van der Waals surface area contributed by atoms with Crippen molar-refractivity contribution in [2.75, 3.05) is 0 Å². The summed E-state index contributed by atoms with van der Waals surface area (Å²) >= 11 is 0. The smallest absolute Gasteiger partial charge is 0.153 e. The van der Waals surface area contributed by atoms with E-state index in [0.29, 0.717) is 23.5 Å². The number of ketones is 1. The highest BCUT2D eigenvalue weighted by Gasteiger charge is 2.60. The largest absolute Gasteiger partial charge is 0.390 e. The first-order chi connectivity index (χ1) is 9.91. The van der Waals surface area contributed by atoms with Crippen LogP contribution in [-0.2, 0) is 4.79 Å². The molecular weight excluding hydrogens is 262 g/mol. The molecule has 0 aliphatic heterocycles. The zero-order valence-electron chi connectivity index (χ0n) is 13.2. The summed E-state index contributed by atoms with van der Waals surface area (Å²) < 4.78 is 0. The van der Waals surface area contributed by atoms with Gasteiger partial charge in [-0.15, -0.1) is 0 Å². The van der Waals surface area contributed by atoms with E-state index >= 15 is 0 Å². The Kier molecular flexibility index (Phi) is 3.07. The van der Waals surface area contributed by atoms with Crippen LogP contribution in [0.5, 0.6) is 0 Å². The molecule has 5 rings (SSSR count). The molecule has 5 fully saturated rings. The van der Waals surface area contributed by atoms with Crippen LogP contribution >= 0.6 is 0 Å². The van der Waals surface area contributed by atoms with E-state index < -0.39 is 5.60 Å².